The van der Waals surface area contributed by atoms with Crippen LogP contribution in [0.25, 0.3) is 0 Å². The van der Waals surface area contributed by atoms with Crippen molar-refractivity contribution >= 4 is 5.91 Å². The van der Waals surface area contributed by atoms with Crippen molar-refractivity contribution in [1.29, 1.82) is 0 Å². The first-order valence-corrected chi connectivity index (χ1v) is 6.09. The molecule has 17 heavy (non-hydrogen) atoms. The molecule has 0 spiro atoms. The summed E-state index contributed by atoms with van der Waals surface area (Å²) in [6.45, 7) is 7.10. The lowest BCUT2D eigenvalue weighted by molar-refractivity contribution is -0.118. The van der Waals surface area contributed by atoms with Gasteiger partial charge in [-0.2, -0.15) is 0 Å². The van der Waals surface area contributed by atoms with Crippen LogP contribution in [0.15, 0.2) is 24.3 Å². The molecule has 0 heterocycles. The number of amides is 1. The van der Waals surface area contributed by atoms with E-state index in [1.165, 1.54) is 11.1 Å². The molecule has 3 heteroatoms. The summed E-state index contributed by atoms with van der Waals surface area (Å²) in [5, 5.41) is 3.28. The number of primary amides is 1. The lowest BCUT2D eigenvalue weighted by atomic mass is 10.0. The molecule has 0 aliphatic carbocycles. The second-order valence-corrected chi connectivity index (χ2v) is 4.85. The predicted molar refractivity (Wildman–Crippen MR) is 70.6 cm³/mol. The highest BCUT2D eigenvalue weighted by Crippen LogP contribution is 2.14. The van der Waals surface area contributed by atoms with Crippen molar-refractivity contribution in [2.75, 3.05) is 0 Å². The van der Waals surface area contributed by atoms with E-state index in [1.54, 1.807) is 0 Å². The Balaban J connectivity index is 2.44. The quantitative estimate of drug-likeness (QED) is 0.792. The van der Waals surface area contributed by atoms with Crippen LogP contribution in [0.5, 0.6) is 0 Å². The molecule has 3 N–H and O–H groups in total. The highest BCUT2D eigenvalue weighted by Gasteiger charge is 2.05. The SMILES string of the molecule is CC(C)c1ccc(CN[C@@H](C)CC(N)=O)cc1. The van der Waals surface area contributed by atoms with Gasteiger partial charge in [-0.3, -0.25) is 4.79 Å². The fourth-order valence-electron chi connectivity index (χ4n) is 1.69. The van der Waals surface area contributed by atoms with Crippen LogP contribution in [0.2, 0.25) is 0 Å². The summed E-state index contributed by atoms with van der Waals surface area (Å²) in [7, 11) is 0. The Morgan fingerprint density at radius 3 is 2.29 bits per heavy atom. The van der Waals surface area contributed by atoms with E-state index in [4.69, 9.17) is 5.73 Å². The first-order valence-electron chi connectivity index (χ1n) is 6.09. The zero-order chi connectivity index (χ0) is 12.8. The van der Waals surface area contributed by atoms with Gasteiger partial charge in [-0.25, -0.2) is 0 Å². The molecule has 0 radical (unpaired) electrons. The standard InChI is InChI=1S/C14H22N2O/c1-10(2)13-6-4-12(5-7-13)9-16-11(3)8-14(15)17/h4-7,10-11,16H,8-9H2,1-3H3,(H2,15,17)/t11-/m0/s1. The number of nitrogens with one attached hydrogen (secondary N) is 1. The van der Waals surface area contributed by atoms with Crippen molar-refractivity contribution < 1.29 is 4.79 Å². The van der Waals surface area contributed by atoms with Crippen molar-refractivity contribution in [3.63, 3.8) is 0 Å². The largest absolute Gasteiger partial charge is 0.370 e. The van der Waals surface area contributed by atoms with Crippen LogP contribution < -0.4 is 11.1 Å². The minimum absolute atomic E-state index is 0.122. The Bertz CT molecular complexity index is 357. The van der Waals surface area contributed by atoms with Gasteiger partial charge in [-0.1, -0.05) is 38.1 Å². The minimum Gasteiger partial charge on any atom is -0.370 e. The highest BCUT2D eigenvalue weighted by molar-refractivity contribution is 5.74. The van der Waals surface area contributed by atoms with Gasteiger partial charge in [-0.15, -0.1) is 0 Å². The molecule has 0 aromatic heterocycles. The van der Waals surface area contributed by atoms with E-state index >= 15 is 0 Å². The van der Waals surface area contributed by atoms with E-state index in [2.05, 4.69) is 43.4 Å². The van der Waals surface area contributed by atoms with Crippen LogP contribution in [0, 0.1) is 0 Å². The average molecular weight is 234 g/mol. The van der Waals surface area contributed by atoms with Gasteiger partial charge < -0.3 is 11.1 Å². The van der Waals surface area contributed by atoms with E-state index in [0.29, 0.717) is 12.3 Å². The second-order valence-electron chi connectivity index (χ2n) is 4.85. The zero-order valence-electron chi connectivity index (χ0n) is 10.9. The molecule has 1 aromatic carbocycles. The molecule has 0 aliphatic heterocycles. The lowest BCUT2D eigenvalue weighted by Crippen LogP contribution is -2.30. The molecule has 3 nitrogen and oxygen atoms in total. The van der Waals surface area contributed by atoms with Gasteiger partial charge in [0.15, 0.2) is 0 Å². The molecule has 0 fully saturated rings. The summed E-state index contributed by atoms with van der Waals surface area (Å²) in [5.41, 5.74) is 7.71. The summed E-state index contributed by atoms with van der Waals surface area (Å²) in [5.74, 6) is 0.297. The Kier molecular flexibility index (Phi) is 5.16. The third kappa shape index (κ3) is 5.00. The van der Waals surface area contributed by atoms with Crippen LogP contribution >= 0.6 is 0 Å². The Morgan fingerprint density at radius 1 is 1.24 bits per heavy atom. The predicted octanol–water partition coefficient (Wildman–Crippen LogP) is 2.16. The molecule has 0 aliphatic rings. The van der Waals surface area contributed by atoms with Gasteiger partial charge in [0.25, 0.3) is 0 Å². The molecule has 1 rings (SSSR count). The fraction of sp³-hybridized carbons (Fsp3) is 0.500. The van der Waals surface area contributed by atoms with Crippen molar-refractivity contribution in [3.05, 3.63) is 35.4 Å². The molecule has 1 amide bonds. The Morgan fingerprint density at radius 2 is 1.82 bits per heavy atom. The van der Waals surface area contributed by atoms with Gasteiger partial charge in [0.05, 0.1) is 0 Å². The number of carbonyl (C=O) groups is 1. The van der Waals surface area contributed by atoms with E-state index in [1.807, 2.05) is 6.92 Å². The monoisotopic (exact) mass is 234 g/mol. The number of nitrogens with two attached hydrogens (primary N) is 1. The summed E-state index contributed by atoms with van der Waals surface area (Å²) in [4.78, 5) is 10.7. The van der Waals surface area contributed by atoms with Crippen LogP contribution in [0.4, 0.5) is 0 Å². The summed E-state index contributed by atoms with van der Waals surface area (Å²) in [6, 6.07) is 8.68. The molecule has 94 valence electrons. The molecule has 0 bridgehead atoms. The minimum atomic E-state index is -0.264. The maximum Gasteiger partial charge on any atom is 0.218 e. The van der Waals surface area contributed by atoms with E-state index in [0.717, 1.165) is 6.54 Å². The fourth-order valence-corrected chi connectivity index (χ4v) is 1.69. The zero-order valence-corrected chi connectivity index (χ0v) is 10.9. The van der Waals surface area contributed by atoms with Gasteiger partial charge in [0.1, 0.15) is 0 Å². The van der Waals surface area contributed by atoms with Gasteiger partial charge in [0, 0.05) is 19.0 Å². The number of hydrogen-bond acceptors (Lipinski definition) is 2. The Labute approximate surface area is 103 Å². The molecule has 1 aromatic rings. The molecule has 0 unspecified atom stereocenters. The first-order chi connectivity index (χ1) is 7.99. The molecule has 0 saturated heterocycles. The lowest BCUT2D eigenvalue weighted by Gasteiger charge is -2.12. The van der Waals surface area contributed by atoms with Gasteiger partial charge in [-0.05, 0) is 24.0 Å². The normalized spacial score (nSPS) is 12.7. The number of rotatable bonds is 6. The summed E-state index contributed by atoms with van der Waals surface area (Å²) >= 11 is 0. The van der Waals surface area contributed by atoms with Crippen LogP contribution in [-0.2, 0) is 11.3 Å². The number of hydrogen-bond donors (Lipinski definition) is 2. The van der Waals surface area contributed by atoms with Crippen LogP contribution in [0.3, 0.4) is 0 Å². The third-order valence-corrected chi connectivity index (χ3v) is 2.81. The smallest absolute Gasteiger partial charge is 0.218 e. The van der Waals surface area contributed by atoms with E-state index in [9.17, 15) is 4.79 Å². The van der Waals surface area contributed by atoms with Gasteiger partial charge >= 0.3 is 0 Å². The number of benzene rings is 1. The highest BCUT2D eigenvalue weighted by atomic mass is 16.1. The third-order valence-electron chi connectivity index (χ3n) is 2.81. The van der Waals surface area contributed by atoms with Crippen molar-refractivity contribution in [1.82, 2.24) is 5.32 Å². The van der Waals surface area contributed by atoms with Crippen molar-refractivity contribution in [3.8, 4) is 0 Å². The van der Waals surface area contributed by atoms with E-state index in [-0.39, 0.29) is 11.9 Å². The first kappa shape index (κ1) is 13.7. The van der Waals surface area contributed by atoms with Crippen LogP contribution in [-0.4, -0.2) is 11.9 Å². The topological polar surface area (TPSA) is 55.1 Å². The maximum absolute atomic E-state index is 10.7. The molecule has 1 atom stereocenters. The summed E-state index contributed by atoms with van der Waals surface area (Å²) < 4.78 is 0. The molecular formula is C14H22N2O. The Hall–Kier alpha value is -1.35. The van der Waals surface area contributed by atoms with Crippen LogP contribution in [0.1, 0.15) is 44.2 Å². The summed E-state index contributed by atoms with van der Waals surface area (Å²) in [6.07, 6.45) is 0.379. The van der Waals surface area contributed by atoms with Crippen molar-refractivity contribution in [2.45, 2.75) is 45.7 Å². The maximum atomic E-state index is 10.7. The number of carbonyl (C=O) groups excluding carboxylic acids is 1. The molecule has 0 saturated carbocycles. The molecular weight excluding hydrogens is 212 g/mol. The van der Waals surface area contributed by atoms with Crippen molar-refractivity contribution in [2.24, 2.45) is 5.73 Å². The van der Waals surface area contributed by atoms with E-state index < -0.39 is 0 Å². The second kappa shape index (κ2) is 6.40. The van der Waals surface area contributed by atoms with Gasteiger partial charge in [0.2, 0.25) is 5.91 Å². The average Bonchev–Trinajstić information content (AvgIpc) is 2.26.